The Morgan fingerprint density at radius 1 is 0.822 bits per heavy atom. The summed E-state index contributed by atoms with van der Waals surface area (Å²) in [5.41, 5.74) is 4.16. The number of aromatic nitrogens is 5. The molecule has 6 atom stereocenters. The number of halogens is 1. The number of carbonyl (C=O) groups excluding carboxylic acids is 4. The van der Waals surface area contributed by atoms with Crippen LogP contribution in [0.25, 0.3) is 44.7 Å². The molecule has 6 aromatic rings. The molecule has 10 rings (SSSR count). The van der Waals surface area contributed by atoms with Crippen LogP contribution in [-0.4, -0.2) is 110 Å². The number of methoxy groups -OCH3 is 2. The maximum atomic E-state index is 17.1. The van der Waals surface area contributed by atoms with Gasteiger partial charge in [-0.1, -0.05) is 33.8 Å². The number of H-pyrrole nitrogens is 2. The quantitative estimate of drug-likeness (QED) is 0.0915. The summed E-state index contributed by atoms with van der Waals surface area (Å²) in [5.74, 6) is 0.759. The molecule has 3 saturated heterocycles. The molecule has 73 heavy (non-hydrogen) atoms. The third kappa shape index (κ3) is 9.57. The lowest BCUT2D eigenvalue weighted by Gasteiger charge is -2.40. The van der Waals surface area contributed by atoms with Gasteiger partial charge in [0, 0.05) is 41.1 Å². The Morgan fingerprint density at radius 3 is 2.11 bits per heavy atom. The summed E-state index contributed by atoms with van der Waals surface area (Å²) < 4.78 is 41.8. The number of ether oxygens (including phenoxy) is 4. The second-order valence-electron chi connectivity index (χ2n) is 20.9. The van der Waals surface area contributed by atoms with E-state index < -0.39 is 41.9 Å². The predicted octanol–water partition coefficient (Wildman–Crippen LogP) is 9.99. The van der Waals surface area contributed by atoms with Crippen LogP contribution in [0.5, 0.6) is 5.75 Å². The normalized spacial score (nSPS) is 21.2. The van der Waals surface area contributed by atoms with Crippen molar-refractivity contribution in [2.45, 2.75) is 122 Å². The summed E-state index contributed by atoms with van der Waals surface area (Å²) in [6.45, 7) is 13.6. The summed E-state index contributed by atoms with van der Waals surface area (Å²) in [5, 5.41) is 6.42. The van der Waals surface area contributed by atoms with Crippen molar-refractivity contribution in [3.63, 3.8) is 0 Å². The molecule has 4 aliphatic heterocycles. The van der Waals surface area contributed by atoms with Crippen LogP contribution >= 0.6 is 11.3 Å². The number of likely N-dealkylation sites (tertiary alicyclic amines) is 2. The second kappa shape index (κ2) is 19.9. The zero-order valence-corrected chi connectivity index (χ0v) is 43.4. The standard InChI is InChI=1S/C54H64FN9O8S/c1-28(2)42-15-16-43(73-42)51-64-37-14-13-30(35-26-56-47(58-35)38-11-9-18-62(38)49(65)45(29(3)4)60-52(67)69-7)21-33(37)23-40(64)44-34(55)22-32(24-41(44)72-51)36-27-57-48(59-36)39-12-10-19-63(39)50(66)46(61-53(68)70-8)31-17-20-71-54(5,6)25-31/h13-16,21-24,26-29,31,38-39,45-46,51H,9-12,17-20,25H2,1-8H3,(H,56,58)(H,57,59)(H,60,67)(H,61,68)/t31?,38-,39-,45-,46?,51?/m0/s1. The van der Waals surface area contributed by atoms with Gasteiger partial charge in [-0.05, 0) is 113 Å². The molecule has 0 aliphatic carbocycles. The van der Waals surface area contributed by atoms with Crippen molar-refractivity contribution < 1.29 is 42.5 Å². The van der Waals surface area contributed by atoms with E-state index in [2.05, 4.69) is 57.2 Å². The molecule has 4 aliphatic rings. The summed E-state index contributed by atoms with van der Waals surface area (Å²) in [6, 6.07) is 13.4. The number of hydrogen-bond donors (Lipinski definition) is 4. The minimum Gasteiger partial charge on any atom is -0.464 e. The number of nitrogens with zero attached hydrogens (tertiary/aromatic N) is 5. The van der Waals surface area contributed by atoms with Crippen LogP contribution in [0.4, 0.5) is 14.0 Å². The van der Waals surface area contributed by atoms with Crippen molar-refractivity contribution in [3.8, 4) is 39.5 Å². The number of nitrogens with one attached hydrogen (secondary N) is 4. The number of imidazole rings is 2. The number of aromatic amines is 2. The highest BCUT2D eigenvalue weighted by Gasteiger charge is 2.43. The van der Waals surface area contributed by atoms with Gasteiger partial charge in [0.15, 0.2) is 0 Å². The average Bonchev–Trinajstić information content (AvgIpc) is 4.23. The molecule has 3 unspecified atom stereocenters. The molecular formula is C54H64FN9O8S. The van der Waals surface area contributed by atoms with E-state index in [4.69, 9.17) is 28.9 Å². The molecule has 17 nitrogen and oxygen atoms in total. The number of amides is 4. The highest BCUT2D eigenvalue weighted by atomic mass is 32.1. The fourth-order valence-corrected chi connectivity index (χ4v) is 12.3. The SMILES string of the molecule is COC(=O)NC(C(=O)N1CCC[C@H]1c1ncc(-c2cc(F)c3c(c2)OC(c2ccc(C(C)C)s2)n2c-3cc3cc(-c4cnc([C@@H]5CCCN5C(=O)[C@@H](NC(=O)OC)C(C)C)[nH]4)ccc32)[nH]1)C1CCOC(C)(C)C1. The highest BCUT2D eigenvalue weighted by molar-refractivity contribution is 7.12. The number of benzene rings is 2. The average molecular weight is 1020 g/mol. The lowest BCUT2D eigenvalue weighted by Crippen LogP contribution is -2.54. The van der Waals surface area contributed by atoms with Gasteiger partial charge in [0.05, 0.1) is 77.3 Å². The lowest BCUT2D eigenvalue weighted by molar-refractivity contribution is -0.139. The molecule has 8 heterocycles. The monoisotopic (exact) mass is 1020 g/mol. The smallest absolute Gasteiger partial charge is 0.407 e. The van der Waals surface area contributed by atoms with E-state index in [0.29, 0.717) is 84.8 Å². The molecule has 4 amide bonds. The maximum absolute atomic E-state index is 17.1. The topological polar surface area (TPSA) is 198 Å². The Kier molecular flexibility index (Phi) is 13.6. The third-order valence-corrected chi connectivity index (χ3v) is 16.3. The predicted molar refractivity (Wildman–Crippen MR) is 273 cm³/mol. The van der Waals surface area contributed by atoms with Gasteiger partial charge in [-0.3, -0.25) is 14.2 Å². The third-order valence-electron chi connectivity index (χ3n) is 14.9. The van der Waals surface area contributed by atoms with Crippen LogP contribution < -0.4 is 15.4 Å². The lowest BCUT2D eigenvalue weighted by atomic mass is 9.82. The van der Waals surface area contributed by atoms with Gasteiger partial charge in [0.1, 0.15) is 35.3 Å². The van der Waals surface area contributed by atoms with Crippen molar-refractivity contribution >= 4 is 46.2 Å². The summed E-state index contributed by atoms with van der Waals surface area (Å²) in [7, 11) is 2.57. The van der Waals surface area contributed by atoms with Crippen LogP contribution in [0.15, 0.2) is 60.9 Å². The Bertz CT molecular complexity index is 3060. The van der Waals surface area contributed by atoms with Crippen molar-refractivity contribution in [2.24, 2.45) is 11.8 Å². The van der Waals surface area contributed by atoms with E-state index in [1.807, 2.05) is 52.0 Å². The molecule has 0 bridgehead atoms. The summed E-state index contributed by atoms with van der Waals surface area (Å²) in [4.78, 5) is 75.3. The Hall–Kier alpha value is -6.73. The van der Waals surface area contributed by atoms with E-state index in [9.17, 15) is 19.2 Å². The zero-order chi connectivity index (χ0) is 51.5. The molecule has 0 spiro atoms. The Balaban J connectivity index is 0.953. The van der Waals surface area contributed by atoms with E-state index in [0.717, 1.165) is 46.3 Å². The van der Waals surface area contributed by atoms with Crippen LogP contribution in [0.3, 0.4) is 0 Å². The van der Waals surface area contributed by atoms with Gasteiger partial charge >= 0.3 is 12.2 Å². The number of carbonyl (C=O) groups is 4. The second-order valence-corrected chi connectivity index (χ2v) is 22.1. The highest BCUT2D eigenvalue weighted by Crippen LogP contribution is 2.49. The number of fused-ring (bicyclic) bond motifs is 5. The van der Waals surface area contributed by atoms with Gasteiger partial charge < -0.3 is 49.3 Å². The maximum Gasteiger partial charge on any atom is 0.407 e. The van der Waals surface area contributed by atoms with Crippen molar-refractivity contribution in [1.82, 2.24) is 44.9 Å². The van der Waals surface area contributed by atoms with E-state index in [1.165, 1.54) is 25.2 Å². The van der Waals surface area contributed by atoms with E-state index in [1.54, 1.807) is 33.5 Å². The van der Waals surface area contributed by atoms with Gasteiger partial charge in [-0.2, -0.15) is 0 Å². The fraction of sp³-hybridized carbons (Fsp3) is 0.481. The molecule has 3 fully saturated rings. The van der Waals surface area contributed by atoms with Crippen molar-refractivity contribution in [2.75, 3.05) is 33.9 Å². The molecule has 4 aromatic heterocycles. The van der Waals surface area contributed by atoms with Crippen molar-refractivity contribution in [3.05, 3.63) is 88.1 Å². The molecule has 0 saturated carbocycles. The van der Waals surface area contributed by atoms with Crippen LogP contribution in [0.2, 0.25) is 0 Å². The Morgan fingerprint density at radius 2 is 1.48 bits per heavy atom. The first-order chi connectivity index (χ1) is 35.0. The van der Waals surface area contributed by atoms with Gasteiger partial charge in [0.25, 0.3) is 0 Å². The molecule has 4 N–H and O–H groups in total. The molecule has 2 aromatic carbocycles. The first-order valence-corrected chi connectivity index (χ1v) is 26.1. The number of hydrogen-bond acceptors (Lipinski definition) is 11. The van der Waals surface area contributed by atoms with Crippen molar-refractivity contribution in [1.29, 1.82) is 0 Å². The minimum absolute atomic E-state index is 0.154. The minimum atomic E-state index is -0.805. The Labute approximate surface area is 427 Å². The molecular weight excluding hydrogens is 954 g/mol. The zero-order valence-electron chi connectivity index (χ0n) is 42.5. The fourth-order valence-electron chi connectivity index (χ4n) is 11.2. The first-order valence-electron chi connectivity index (χ1n) is 25.3. The van der Waals surface area contributed by atoms with Gasteiger partial charge in [-0.25, -0.2) is 23.9 Å². The summed E-state index contributed by atoms with van der Waals surface area (Å²) in [6.07, 6.45) is 5.66. The van der Waals surface area contributed by atoms with Crippen LogP contribution in [0.1, 0.15) is 126 Å². The van der Waals surface area contributed by atoms with E-state index >= 15 is 4.39 Å². The molecule has 0 radical (unpaired) electrons. The summed E-state index contributed by atoms with van der Waals surface area (Å²) >= 11 is 1.67. The largest absolute Gasteiger partial charge is 0.464 e. The number of alkyl carbamates (subject to hydrolysis) is 2. The first kappa shape index (κ1) is 49.8. The number of rotatable bonds is 12. The molecule has 19 heteroatoms. The van der Waals surface area contributed by atoms with Gasteiger partial charge in [-0.15, -0.1) is 11.3 Å². The van der Waals surface area contributed by atoms with E-state index in [-0.39, 0.29) is 35.7 Å². The van der Waals surface area contributed by atoms with Crippen LogP contribution in [0, 0.1) is 17.7 Å². The molecule has 386 valence electrons. The van der Waals surface area contributed by atoms with Gasteiger partial charge in [0.2, 0.25) is 18.0 Å². The van der Waals surface area contributed by atoms with Crippen LogP contribution in [-0.2, 0) is 23.8 Å². The number of thiophene rings is 1.